The summed E-state index contributed by atoms with van der Waals surface area (Å²) in [6.07, 6.45) is 0. The van der Waals surface area contributed by atoms with Crippen molar-refractivity contribution in [3.63, 3.8) is 0 Å². The summed E-state index contributed by atoms with van der Waals surface area (Å²) < 4.78 is 1.67. The van der Waals surface area contributed by atoms with E-state index in [4.69, 9.17) is 0 Å². The molecular weight excluding hydrogens is 188 g/mol. The second kappa shape index (κ2) is 3.42. The van der Waals surface area contributed by atoms with Gasteiger partial charge in [0.05, 0.1) is 5.52 Å². The number of aryl methyl sites for hydroxylation is 1. The molecule has 0 unspecified atom stereocenters. The zero-order chi connectivity index (χ0) is 11.0. The molecule has 0 radical (unpaired) electrons. The third kappa shape index (κ3) is 1.61. The van der Waals surface area contributed by atoms with Crippen molar-refractivity contribution in [2.24, 2.45) is 7.05 Å². The summed E-state index contributed by atoms with van der Waals surface area (Å²) in [5.74, 6) is 0. The molecule has 2 aromatic rings. The van der Waals surface area contributed by atoms with Gasteiger partial charge in [-0.3, -0.25) is 4.79 Å². The first-order valence-electron chi connectivity index (χ1n) is 4.87. The number of hydrogen-bond donors (Lipinski definition) is 0. The third-order valence-corrected chi connectivity index (χ3v) is 2.63. The lowest BCUT2D eigenvalue weighted by Gasteiger charge is -2.14. The standard InChI is InChI=1S/C12H14N2O/c1-13(2)10-6-4-9-5-7-12(15)14(3)11(9)8-10/h4-8H,1-3H3. The minimum atomic E-state index is 0.0263. The monoisotopic (exact) mass is 202 g/mol. The summed E-state index contributed by atoms with van der Waals surface area (Å²) in [7, 11) is 5.77. The molecule has 0 amide bonds. The number of benzene rings is 1. The smallest absolute Gasteiger partial charge is 0.250 e. The Morgan fingerprint density at radius 2 is 1.80 bits per heavy atom. The molecule has 0 spiro atoms. The maximum Gasteiger partial charge on any atom is 0.250 e. The van der Waals surface area contributed by atoms with E-state index >= 15 is 0 Å². The number of hydrogen-bond acceptors (Lipinski definition) is 2. The van der Waals surface area contributed by atoms with Crippen LogP contribution < -0.4 is 10.5 Å². The molecule has 0 saturated heterocycles. The maximum absolute atomic E-state index is 11.5. The lowest BCUT2D eigenvalue weighted by Crippen LogP contribution is -2.16. The molecule has 78 valence electrons. The fourth-order valence-corrected chi connectivity index (χ4v) is 1.63. The van der Waals surface area contributed by atoms with E-state index in [0.29, 0.717) is 0 Å². The molecule has 0 N–H and O–H groups in total. The number of pyridine rings is 1. The van der Waals surface area contributed by atoms with Crippen molar-refractivity contribution in [1.82, 2.24) is 4.57 Å². The van der Waals surface area contributed by atoms with Crippen LogP contribution in [0, 0.1) is 0 Å². The Morgan fingerprint density at radius 1 is 1.13 bits per heavy atom. The van der Waals surface area contributed by atoms with Crippen molar-refractivity contribution in [2.45, 2.75) is 0 Å². The van der Waals surface area contributed by atoms with Crippen molar-refractivity contribution in [3.05, 3.63) is 40.7 Å². The van der Waals surface area contributed by atoms with E-state index in [0.717, 1.165) is 16.6 Å². The van der Waals surface area contributed by atoms with Gasteiger partial charge >= 0.3 is 0 Å². The van der Waals surface area contributed by atoms with Gasteiger partial charge in [0.25, 0.3) is 5.56 Å². The van der Waals surface area contributed by atoms with Gasteiger partial charge in [-0.05, 0) is 23.6 Å². The minimum Gasteiger partial charge on any atom is -0.378 e. The average molecular weight is 202 g/mol. The van der Waals surface area contributed by atoms with E-state index in [9.17, 15) is 4.79 Å². The first-order valence-corrected chi connectivity index (χ1v) is 4.87. The van der Waals surface area contributed by atoms with Gasteiger partial charge < -0.3 is 9.47 Å². The molecule has 15 heavy (non-hydrogen) atoms. The molecule has 0 atom stereocenters. The molecule has 1 aromatic heterocycles. The van der Waals surface area contributed by atoms with Crippen LogP contribution in [0.4, 0.5) is 5.69 Å². The molecule has 0 aliphatic rings. The van der Waals surface area contributed by atoms with Gasteiger partial charge in [0, 0.05) is 32.9 Å². The van der Waals surface area contributed by atoms with Crippen molar-refractivity contribution in [3.8, 4) is 0 Å². The first kappa shape index (κ1) is 9.77. The van der Waals surface area contributed by atoms with Crippen LogP contribution >= 0.6 is 0 Å². The van der Waals surface area contributed by atoms with Gasteiger partial charge in [0.1, 0.15) is 0 Å². The lowest BCUT2D eigenvalue weighted by molar-refractivity contribution is 0.905. The van der Waals surface area contributed by atoms with Crippen LogP contribution in [0.1, 0.15) is 0 Å². The van der Waals surface area contributed by atoms with E-state index in [1.54, 1.807) is 17.7 Å². The number of fused-ring (bicyclic) bond motifs is 1. The highest BCUT2D eigenvalue weighted by Crippen LogP contribution is 2.18. The molecule has 1 heterocycles. The summed E-state index contributed by atoms with van der Waals surface area (Å²) in [6, 6.07) is 9.56. The van der Waals surface area contributed by atoms with Gasteiger partial charge in [-0.1, -0.05) is 6.07 Å². The normalized spacial score (nSPS) is 10.6. The fraction of sp³-hybridized carbons (Fsp3) is 0.250. The molecule has 1 aromatic carbocycles. The largest absolute Gasteiger partial charge is 0.378 e. The Labute approximate surface area is 88.6 Å². The Morgan fingerprint density at radius 3 is 2.47 bits per heavy atom. The summed E-state index contributed by atoms with van der Waals surface area (Å²) in [6.45, 7) is 0. The topological polar surface area (TPSA) is 25.2 Å². The molecule has 0 fully saturated rings. The van der Waals surface area contributed by atoms with E-state index in [1.165, 1.54) is 0 Å². The average Bonchev–Trinajstić information content (AvgIpc) is 2.23. The Balaban J connectivity index is 2.79. The number of aromatic nitrogens is 1. The van der Waals surface area contributed by atoms with E-state index in [-0.39, 0.29) is 5.56 Å². The maximum atomic E-state index is 11.5. The van der Waals surface area contributed by atoms with Crippen LogP contribution in [-0.2, 0) is 7.05 Å². The highest BCUT2D eigenvalue weighted by atomic mass is 16.1. The van der Waals surface area contributed by atoms with E-state index in [2.05, 4.69) is 0 Å². The van der Waals surface area contributed by atoms with Crippen LogP contribution in [0.2, 0.25) is 0 Å². The Kier molecular flexibility index (Phi) is 2.23. The van der Waals surface area contributed by atoms with Crippen LogP contribution in [0.5, 0.6) is 0 Å². The quantitative estimate of drug-likeness (QED) is 0.702. The number of anilines is 1. The predicted octanol–water partition coefficient (Wildman–Crippen LogP) is 1.60. The SMILES string of the molecule is CN(C)c1ccc2ccc(=O)n(C)c2c1. The molecular formula is C12H14N2O. The Bertz CT molecular complexity index is 555. The van der Waals surface area contributed by atoms with Gasteiger partial charge in [-0.25, -0.2) is 0 Å². The summed E-state index contributed by atoms with van der Waals surface area (Å²) in [5.41, 5.74) is 2.09. The summed E-state index contributed by atoms with van der Waals surface area (Å²) >= 11 is 0. The van der Waals surface area contributed by atoms with Crippen molar-refractivity contribution in [1.29, 1.82) is 0 Å². The highest BCUT2D eigenvalue weighted by Gasteiger charge is 2.01. The van der Waals surface area contributed by atoms with Crippen molar-refractivity contribution >= 4 is 16.6 Å². The van der Waals surface area contributed by atoms with Crippen LogP contribution in [0.15, 0.2) is 35.1 Å². The third-order valence-electron chi connectivity index (χ3n) is 2.63. The van der Waals surface area contributed by atoms with E-state index in [1.807, 2.05) is 43.3 Å². The molecule has 0 bridgehead atoms. The summed E-state index contributed by atoms with van der Waals surface area (Å²) in [4.78, 5) is 13.5. The number of nitrogens with zero attached hydrogens (tertiary/aromatic N) is 2. The molecule has 3 heteroatoms. The summed E-state index contributed by atoms with van der Waals surface area (Å²) in [5, 5.41) is 1.09. The fourth-order valence-electron chi connectivity index (χ4n) is 1.63. The second-order valence-electron chi connectivity index (χ2n) is 3.87. The van der Waals surface area contributed by atoms with Crippen molar-refractivity contribution in [2.75, 3.05) is 19.0 Å². The Hall–Kier alpha value is -1.77. The minimum absolute atomic E-state index is 0.0263. The van der Waals surface area contributed by atoms with Gasteiger partial charge in [0.2, 0.25) is 0 Å². The lowest BCUT2D eigenvalue weighted by atomic mass is 10.2. The first-order chi connectivity index (χ1) is 7.09. The number of rotatable bonds is 1. The molecule has 0 aliphatic heterocycles. The molecule has 0 aliphatic carbocycles. The van der Waals surface area contributed by atoms with Gasteiger partial charge in [-0.15, -0.1) is 0 Å². The van der Waals surface area contributed by atoms with Crippen LogP contribution in [0.25, 0.3) is 10.9 Å². The van der Waals surface area contributed by atoms with Crippen LogP contribution in [0.3, 0.4) is 0 Å². The molecule has 2 rings (SSSR count). The zero-order valence-electron chi connectivity index (χ0n) is 9.19. The van der Waals surface area contributed by atoms with E-state index < -0.39 is 0 Å². The van der Waals surface area contributed by atoms with Gasteiger partial charge in [0.15, 0.2) is 0 Å². The molecule has 0 saturated carbocycles. The van der Waals surface area contributed by atoms with Crippen LogP contribution in [-0.4, -0.2) is 18.7 Å². The van der Waals surface area contributed by atoms with Crippen molar-refractivity contribution < 1.29 is 0 Å². The highest BCUT2D eigenvalue weighted by molar-refractivity contribution is 5.82. The molecule has 3 nitrogen and oxygen atoms in total. The zero-order valence-corrected chi connectivity index (χ0v) is 9.19. The second-order valence-corrected chi connectivity index (χ2v) is 3.87. The van der Waals surface area contributed by atoms with Gasteiger partial charge in [-0.2, -0.15) is 0 Å². The predicted molar refractivity (Wildman–Crippen MR) is 63.5 cm³/mol.